The molecule has 0 saturated heterocycles. The molecule has 1 saturated carbocycles. The van der Waals surface area contributed by atoms with E-state index in [-0.39, 0.29) is 5.78 Å². The number of hydrogen-bond donors (Lipinski definition) is 0. The summed E-state index contributed by atoms with van der Waals surface area (Å²) in [6, 6.07) is 7.36. The number of rotatable bonds is 6. The summed E-state index contributed by atoms with van der Waals surface area (Å²) in [5.41, 5.74) is 2.13. The molecule has 0 spiro atoms. The first kappa shape index (κ1) is 15.6. The van der Waals surface area contributed by atoms with Gasteiger partial charge in [0.1, 0.15) is 5.75 Å². The zero-order valence-electron chi connectivity index (χ0n) is 12.9. The van der Waals surface area contributed by atoms with Crippen molar-refractivity contribution in [1.82, 2.24) is 0 Å². The molecule has 1 aliphatic carbocycles. The Kier molecular flexibility index (Phi) is 5.85. The van der Waals surface area contributed by atoms with Gasteiger partial charge in [-0.2, -0.15) is 0 Å². The second kappa shape index (κ2) is 7.87. The summed E-state index contributed by atoms with van der Waals surface area (Å²) in [6.45, 7) is 0. The van der Waals surface area contributed by atoms with Gasteiger partial charge in [-0.1, -0.05) is 6.42 Å². The van der Waals surface area contributed by atoms with E-state index in [0.29, 0.717) is 12.3 Å². The van der Waals surface area contributed by atoms with Gasteiger partial charge in [-0.05, 0) is 61.4 Å². The SMILES string of the molecule is CO/C=C1/CCCC[C@@H]1CCC(=O)c1ccc(OC)cc1. The van der Waals surface area contributed by atoms with E-state index in [1.54, 1.807) is 14.2 Å². The highest BCUT2D eigenvalue weighted by atomic mass is 16.5. The van der Waals surface area contributed by atoms with Crippen LogP contribution in [0.2, 0.25) is 0 Å². The van der Waals surface area contributed by atoms with Gasteiger partial charge in [0.15, 0.2) is 5.78 Å². The number of ketones is 1. The molecule has 2 rings (SSSR count). The van der Waals surface area contributed by atoms with E-state index in [2.05, 4.69) is 0 Å². The van der Waals surface area contributed by atoms with Gasteiger partial charge in [0.2, 0.25) is 0 Å². The summed E-state index contributed by atoms with van der Waals surface area (Å²) >= 11 is 0. The Morgan fingerprint density at radius 1 is 1.24 bits per heavy atom. The van der Waals surface area contributed by atoms with Gasteiger partial charge in [0.05, 0.1) is 20.5 Å². The monoisotopic (exact) mass is 288 g/mol. The molecule has 1 fully saturated rings. The third-order valence-corrected chi connectivity index (χ3v) is 4.19. The summed E-state index contributed by atoms with van der Waals surface area (Å²) in [6.07, 6.45) is 8.15. The zero-order valence-corrected chi connectivity index (χ0v) is 12.9. The van der Waals surface area contributed by atoms with E-state index in [1.807, 2.05) is 30.5 Å². The lowest BCUT2D eigenvalue weighted by atomic mass is 9.81. The quantitative estimate of drug-likeness (QED) is 0.575. The average Bonchev–Trinajstić information content (AvgIpc) is 2.54. The van der Waals surface area contributed by atoms with Crippen LogP contribution in [0.15, 0.2) is 36.1 Å². The van der Waals surface area contributed by atoms with Crippen LogP contribution in [-0.4, -0.2) is 20.0 Å². The Morgan fingerprint density at radius 3 is 2.67 bits per heavy atom. The highest BCUT2D eigenvalue weighted by molar-refractivity contribution is 5.96. The van der Waals surface area contributed by atoms with Crippen LogP contribution >= 0.6 is 0 Å². The van der Waals surface area contributed by atoms with E-state index < -0.39 is 0 Å². The van der Waals surface area contributed by atoms with E-state index >= 15 is 0 Å². The summed E-state index contributed by atoms with van der Waals surface area (Å²) < 4.78 is 10.3. The first-order chi connectivity index (χ1) is 10.2. The Bertz CT molecular complexity index is 488. The van der Waals surface area contributed by atoms with E-state index in [1.165, 1.54) is 24.8 Å². The molecule has 0 N–H and O–H groups in total. The fourth-order valence-electron chi connectivity index (χ4n) is 2.97. The number of carbonyl (C=O) groups is 1. The highest BCUT2D eigenvalue weighted by Crippen LogP contribution is 2.33. The summed E-state index contributed by atoms with van der Waals surface area (Å²) in [7, 11) is 3.32. The maximum Gasteiger partial charge on any atom is 0.162 e. The van der Waals surface area contributed by atoms with E-state index in [0.717, 1.165) is 24.2 Å². The van der Waals surface area contributed by atoms with Crippen molar-refractivity contribution in [3.63, 3.8) is 0 Å². The lowest BCUT2D eigenvalue weighted by molar-refractivity contribution is 0.0973. The van der Waals surface area contributed by atoms with Gasteiger partial charge in [-0.15, -0.1) is 0 Å². The molecule has 1 aromatic rings. The van der Waals surface area contributed by atoms with Gasteiger partial charge in [-0.25, -0.2) is 0 Å². The summed E-state index contributed by atoms with van der Waals surface area (Å²) in [4.78, 5) is 12.3. The van der Waals surface area contributed by atoms with Crippen molar-refractivity contribution < 1.29 is 14.3 Å². The minimum Gasteiger partial charge on any atom is -0.504 e. The predicted molar refractivity (Wildman–Crippen MR) is 83.6 cm³/mol. The Hall–Kier alpha value is -1.77. The molecule has 114 valence electrons. The molecule has 3 nitrogen and oxygen atoms in total. The maximum atomic E-state index is 12.3. The van der Waals surface area contributed by atoms with Crippen LogP contribution in [0.5, 0.6) is 5.75 Å². The van der Waals surface area contributed by atoms with Crippen molar-refractivity contribution in [3.05, 3.63) is 41.7 Å². The molecule has 1 aliphatic rings. The lowest BCUT2D eigenvalue weighted by Gasteiger charge is -2.24. The van der Waals surface area contributed by atoms with Crippen LogP contribution in [0, 0.1) is 5.92 Å². The lowest BCUT2D eigenvalue weighted by Crippen LogP contribution is -2.12. The van der Waals surface area contributed by atoms with E-state index in [4.69, 9.17) is 9.47 Å². The number of allylic oxidation sites excluding steroid dienone is 1. The van der Waals surface area contributed by atoms with Gasteiger partial charge < -0.3 is 9.47 Å². The number of hydrogen-bond acceptors (Lipinski definition) is 3. The first-order valence-electron chi connectivity index (χ1n) is 7.63. The molecule has 0 radical (unpaired) electrons. The average molecular weight is 288 g/mol. The molecule has 0 unspecified atom stereocenters. The molecule has 0 aromatic heterocycles. The molecule has 0 aliphatic heterocycles. The van der Waals surface area contributed by atoms with Gasteiger partial charge in [-0.3, -0.25) is 4.79 Å². The second-order valence-electron chi connectivity index (χ2n) is 5.56. The number of benzene rings is 1. The topological polar surface area (TPSA) is 35.5 Å². The molecule has 0 bridgehead atoms. The summed E-state index contributed by atoms with van der Waals surface area (Å²) in [5.74, 6) is 1.49. The van der Waals surface area contributed by atoms with E-state index in [9.17, 15) is 4.79 Å². The number of ether oxygens (including phenoxy) is 2. The molecule has 21 heavy (non-hydrogen) atoms. The van der Waals surface area contributed by atoms with Crippen LogP contribution < -0.4 is 4.74 Å². The molecular weight excluding hydrogens is 264 g/mol. The smallest absolute Gasteiger partial charge is 0.162 e. The Labute approximate surface area is 127 Å². The standard InChI is InChI=1S/C18H24O3/c1-20-13-16-6-4-3-5-14(16)9-12-18(19)15-7-10-17(21-2)11-8-15/h7-8,10-11,13-14H,3-6,9,12H2,1-2H3/b16-13-/t14-/m1/s1. The maximum absolute atomic E-state index is 12.3. The highest BCUT2D eigenvalue weighted by Gasteiger charge is 2.20. The Morgan fingerprint density at radius 2 is 2.00 bits per heavy atom. The van der Waals surface area contributed by atoms with Crippen molar-refractivity contribution in [1.29, 1.82) is 0 Å². The van der Waals surface area contributed by atoms with Gasteiger partial charge >= 0.3 is 0 Å². The fourth-order valence-corrected chi connectivity index (χ4v) is 2.97. The molecule has 0 amide bonds. The van der Waals surface area contributed by atoms with Crippen molar-refractivity contribution in [2.75, 3.05) is 14.2 Å². The van der Waals surface area contributed by atoms with Crippen molar-refractivity contribution in [3.8, 4) is 5.75 Å². The summed E-state index contributed by atoms with van der Waals surface area (Å²) in [5, 5.41) is 0. The second-order valence-corrected chi connectivity index (χ2v) is 5.56. The fraction of sp³-hybridized carbons (Fsp3) is 0.500. The largest absolute Gasteiger partial charge is 0.504 e. The predicted octanol–water partition coefficient (Wildman–Crippen LogP) is 4.38. The molecule has 0 heterocycles. The Balaban J connectivity index is 1.91. The van der Waals surface area contributed by atoms with Gasteiger partial charge in [0.25, 0.3) is 0 Å². The van der Waals surface area contributed by atoms with Crippen molar-refractivity contribution >= 4 is 5.78 Å². The molecule has 1 atom stereocenters. The number of methoxy groups -OCH3 is 2. The number of carbonyl (C=O) groups excluding carboxylic acids is 1. The van der Waals surface area contributed by atoms with Crippen LogP contribution in [0.1, 0.15) is 48.9 Å². The normalized spacial score (nSPS) is 20.3. The minimum absolute atomic E-state index is 0.208. The van der Waals surface area contributed by atoms with Crippen LogP contribution in [0.3, 0.4) is 0 Å². The molecule has 3 heteroatoms. The van der Waals surface area contributed by atoms with Crippen molar-refractivity contribution in [2.45, 2.75) is 38.5 Å². The molecular formula is C18H24O3. The minimum atomic E-state index is 0.208. The van der Waals surface area contributed by atoms with Gasteiger partial charge in [0, 0.05) is 12.0 Å². The number of Topliss-reactive ketones (excluding diaryl/α,β-unsaturated/α-hetero) is 1. The van der Waals surface area contributed by atoms with Crippen LogP contribution in [-0.2, 0) is 4.74 Å². The van der Waals surface area contributed by atoms with Crippen LogP contribution in [0.4, 0.5) is 0 Å². The third kappa shape index (κ3) is 4.35. The molecule has 1 aromatic carbocycles. The van der Waals surface area contributed by atoms with Crippen LogP contribution in [0.25, 0.3) is 0 Å². The van der Waals surface area contributed by atoms with Crippen molar-refractivity contribution in [2.24, 2.45) is 5.92 Å². The zero-order chi connectivity index (χ0) is 15.1. The third-order valence-electron chi connectivity index (χ3n) is 4.19. The first-order valence-corrected chi connectivity index (χ1v) is 7.63.